The van der Waals surface area contributed by atoms with Crippen molar-refractivity contribution in [1.82, 2.24) is 15.2 Å². The van der Waals surface area contributed by atoms with E-state index in [2.05, 4.69) is 10.5 Å². The SMILES string of the molecule is Cc1cc(C)n(Cc2c(C(=O)NN)sc3ccccc23)n1. The molecule has 0 saturated heterocycles. The van der Waals surface area contributed by atoms with Crippen molar-refractivity contribution in [2.75, 3.05) is 0 Å². The Morgan fingerprint density at radius 3 is 2.81 bits per heavy atom. The molecule has 0 saturated carbocycles. The Kier molecular flexibility index (Phi) is 3.48. The van der Waals surface area contributed by atoms with Gasteiger partial charge in [-0.25, -0.2) is 5.84 Å². The maximum absolute atomic E-state index is 12.0. The minimum atomic E-state index is -0.257. The summed E-state index contributed by atoms with van der Waals surface area (Å²) in [5.74, 6) is 5.05. The minimum Gasteiger partial charge on any atom is -0.289 e. The van der Waals surface area contributed by atoms with E-state index in [1.54, 1.807) is 0 Å². The van der Waals surface area contributed by atoms with Gasteiger partial charge in [0.25, 0.3) is 5.91 Å². The molecule has 1 amide bonds. The number of hydrogen-bond donors (Lipinski definition) is 2. The van der Waals surface area contributed by atoms with E-state index in [0.29, 0.717) is 11.4 Å². The molecule has 3 aromatic rings. The van der Waals surface area contributed by atoms with Gasteiger partial charge in [0.15, 0.2) is 0 Å². The quantitative estimate of drug-likeness (QED) is 0.443. The molecule has 6 heteroatoms. The summed E-state index contributed by atoms with van der Waals surface area (Å²) in [5, 5.41) is 5.55. The molecule has 1 aromatic carbocycles. The number of hydrazine groups is 1. The first-order chi connectivity index (χ1) is 10.1. The lowest BCUT2D eigenvalue weighted by atomic mass is 10.1. The molecule has 0 aliphatic rings. The molecule has 5 nitrogen and oxygen atoms in total. The normalized spacial score (nSPS) is 11.0. The number of nitrogens with one attached hydrogen (secondary N) is 1. The highest BCUT2D eigenvalue weighted by Gasteiger charge is 2.18. The van der Waals surface area contributed by atoms with E-state index in [-0.39, 0.29) is 5.91 Å². The Labute approximate surface area is 126 Å². The van der Waals surface area contributed by atoms with Crippen molar-refractivity contribution in [2.24, 2.45) is 5.84 Å². The fourth-order valence-corrected chi connectivity index (χ4v) is 3.61. The third kappa shape index (κ3) is 2.43. The molecule has 0 atom stereocenters. The second-order valence-corrected chi connectivity index (χ2v) is 6.02. The predicted molar refractivity (Wildman–Crippen MR) is 84.3 cm³/mol. The van der Waals surface area contributed by atoms with Gasteiger partial charge in [0.05, 0.1) is 17.1 Å². The minimum absolute atomic E-state index is 0.257. The van der Waals surface area contributed by atoms with Crippen LogP contribution in [0.5, 0.6) is 0 Å². The standard InChI is InChI=1S/C15H16N4OS/c1-9-7-10(2)19(18-9)8-12-11-5-3-4-6-13(11)21-14(12)15(20)17-16/h3-7H,8,16H2,1-2H3,(H,17,20). The summed E-state index contributed by atoms with van der Waals surface area (Å²) in [4.78, 5) is 12.7. The van der Waals surface area contributed by atoms with E-state index in [9.17, 15) is 4.79 Å². The second-order valence-electron chi connectivity index (χ2n) is 4.96. The van der Waals surface area contributed by atoms with Crippen molar-refractivity contribution < 1.29 is 4.79 Å². The number of carbonyl (C=O) groups is 1. The third-order valence-corrected chi connectivity index (χ3v) is 4.66. The number of benzene rings is 1. The van der Waals surface area contributed by atoms with Crippen LogP contribution in [0.25, 0.3) is 10.1 Å². The van der Waals surface area contributed by atoms with Gasteiger partial charge in [-0.3, -0.25) is 14.9 Å². The van der Waals surface area contributed by atoms with Crippen LogP contribution in [0.1, 0.15) is 26.6 Å². The number of nitrogens with two attached hydrogens (primary N) is 1. The molecular formula is C15H16N4OS. The van der Waals surface area contributed by atoms with Crippen LogP contribution in [0.15, 0.2) is 30.3 Å². The van der Waals surface area contributed by atoms with Crippen LogP contribution in [0.2, 0.25) is 0 Å². The van der Waals surface area contributed by atoms with Gasteiger partial charge in [-0.15, -0.1) is 11.3 Å². The molecule has 3 N–H and O–H groups in total. The number of carbonyl (C=O) groups excluding carboxylic acids is 1. The van der Waals surface area contributed by atoms with Crippen LogP contribution in [-0.4, -0.2) is 15.7 Å². The number of thiophene rings is 1. The number of aryl methyl sites for hydroxylation is 2. The molecule has 3 rings (SSSR count). The Balaban J connectivity index is 2.15. The highest BCUT2D eigenvalue weighted by atomic mass is 32.1. The monoisotopic (exact) mass is 300 g/mol. The van der Waals surface area contributed by atoms with Crippen molar-refractivity contribution in [3.63, 3.8) is 0 Å². The Morgan fingerprint density at radius 2 is 2.14 bits per heavy atom. The fourth-order valence-electron chi connectivity index (χ4n) is 2.49. The smallest absolute Gasteiger partial charge is 0.275 e. The number of nitrogen functional groups attached to an aromatic ring is 1. The van der Waals surface area contributed by atoms with Gasteiger partial charge in [-0.05, 0) is 31.4 Å². The van der Waals surface area contributed by atoms with Crippen molar-refractivity contribution in [3.05, 3.63) is 52.2 Å². The van der Waals surface area contributed by atoms with E-state index in [0.717, 1.165) is 27.0 Å². The summed E-state index contributed by atoms with van der Waals surface area (Å²) in [6, 6.07) is 10.0. The molecule has 108 valence electrons. The molecule has 21 heavy (non-hydrogen) atoms. The highest BCUT2D eigenvalue weighted by molar-refractivity contribution is 7.21. The van der Waals surface area contributed by atoms with E-state index in [1.807, 2.05) is 48.9 Å². The lowest BCUT2D eigenvalue weighted by Crippen LogP contribution is -2.30. The van der Waals surface area contributed by atoms with Crippen LogP contribution < -0.4 is 11.3 Å². The molecule has 0 spiro atoms. The topological polar surface area (TPSA) is 72.9 Å². The van der Waals surface area contributed by atoms with E-state index >= 15 is 0 Å². The molecular weight excluding hydrogens is 284 g/mol. The molecule has 0 fully saturated rings. The summed E-state index contributed by atoms with van der Waals surface area (Å²) in [5.41, 5.74) is 5.23. The first-order valence-electron chi connectivity index (χ1n) is 6.62. The molecule has 0 unspecified atom stereocenters. The predicted octanol–water partition coefficient (Wildman–Crippen LogP) is 2.37. The van der Waals surface area contributed by atoms with Crippen LogP contribution in [0.4, 0.5) is 0 Å². The van der Waals surface area contributed by atoms with Crippen molar-refractivity contribution in [3.8, 4) is 0 Å². The molecule has 0 aliphatic carbocycles. The number of fused-ring (bicyclic) bond motifs is 1. The zero-order chi connectivity index (χ0) is 15.0. The molecule has 0 radical (unpaired) electrons. The van der Waals surface area contributed by atoms with E-state index < -0.39 is 0 Å². The first kappa shape index (κ1) is 13.8. The van der Waals surface area contributed by atoms with E-state index in [4.69, 9.17) is 5.84 Å². The van der Waals surface area contributed by atoms with Crippen LogP contribution in [-0.2, 0) is 6.54 Å². The van der Waals surface area contributed by atoms with Crippen molar-refractivity contribution >= 4 is 27.3 Å². The van der Waals surface area contributed by atoms with Crippen molar-refractivity contribution in [2.45, 2.75) is 20.4 Å². The summed E-state index contributed by atoms with van der Waals surface area (Å²) in [7, 11) is 0. The summed E-state index contributed by atoms with van der Waals surface area (Å²) in [6.45, 7) is 4.53. The van der Waals surface area contributed by atoms with Crippen LogP contribution >= 0.6 is 11.3 Å². The van der Waals surface area contributed by atoms with E-state index in [1.165, 1.54) is 11.3 Å². The molecule has 2 aromatic heterocycles. The van der Waals surface area contributed by atoms with Gasteiger partial charge in [0.2, 0.25) is 0 Å². The number of amides is 1. The lowest BCUT2D eigenvalue weighted by Gasteiger charge is -2.06. The lowest BCUT2D eigenvalue weighted by molar-refractivity contribution is 0.0957. The molecule has 0 aliphatic heterocycles. The summed E-state index contributed by atoms with van der Waals surface area (Å²) < 4.78 is 2.99. The zero-order valence-electron chi connectivity index (χ0n) is 11.9. The van der Waals surface area contributed by atoms with Gasteiger partial charge >= 0.3 is 0 Å². The van der Waals surface area contributed by atoms with Crippen molar-refractivity contribution in [1.29, 1.82) is 0 Å². The third-order valence-electron chi connectivity index (χ3n) is 3.45. The fraction of sp³-hybridized carbons (Fsp3) is 0.200. The maximum Gasteiger partial charge on any atom is 0.275 e. The largest absolute Gasteiger partial charge is 0.289 e. The average Bonchev–Trinajstić information content (AvgIpc) is 2.99. The Hall–Kier alpha value is -2.18. The van der Waals surface area contributed by atoms with Gasteiger partial charge in [0, 0.05) is 16.0 Å². The van der Waals surface area contributed by atoms with Crippen LogP contribution in [0, 0.1) is 13.8 Å². The van der Waals surface area contributed by atoms with Crippen LogP contribution in [0.3, 0.4) is 0 Å². The average molecular weight is 300 g/mol. The summed E-state index contributed by atoms with van der Waals surface area (Å²) >= 11 is 1.46. The Morgan fingerprint density at radius 1 is 1.38 bits per heavy atom. The molecule has 0 bridgehead atoms. The maximum atomic E-state index is 12.0. The number of rotatable bonds is 3. The second kappa shape index (κ2) is 5.31. The summed E-state index contributed by atoms with van der Waals surface area (Å²) in [6.07, 6.45) is 0. The van der Waals surface area contributed by atoms with Gasteiger partial charge in [0.1, 0.15) is 0 Å². The molecule has 2 heterocycles. The number of hydrogen-bond acceptors (Lipinski definition) is 4. The zero-order valence-corrected chi connectivity index (χ0v) is 12.7. The number of aromatic nitrogens is 2. The first-order valence-corrected chi connectivity index (χ1v) is 7.44. The van der Waals surface area contributed by atoms with Gasteiger partial charge in [-0.2, -0.15) is 5.10 Å². The highest BCUT2D eigenvalue weighted by Crippen LogP contribution is 2.32. The van der Waals surface area contributed by atoms with Gasteiger partial charge in [-0.1, -0.05) is 18.2 Å². The Bertz CT molecular complexity index is 818. The van der Waals surface area contributed by atoms with Gasteiger partial charge < -0.3 is 0 Å². The number of nitrogens with zero attached hydrogens (tertiary/aromatic N) is 2.